The summed E-state index contributed by atoms with van der Waals surface area (Å²) in [6, 6.07) is 9.14. The molecule has 1 aromatic rings. The summed E-state index contributed by atoms with van der Waals surface area (Å²) < 4.78 is 0. The van der Waals surface area contributed by atoms with Crippen LogP contribution in [0.15, 0.2) is 24.3 Å². The van der Waals surface area contributed by atoms with Crippen molar-refractivity contribution in [2.24, 2.45) is 5.92 Å². The number of rotatable bonds is 0. The minimum atomic E-state index is -0.120. The van der Waals surface area contributed by atoms with Gasteiger partial charge in [0.15, 0.2) is 0 Å². The fourth-order valence-electron chi connectivity index (χ4n) is 4.50. The fraction of sp³-hybridized carbons (Fsp3) is 0.533. The van der Waals surface area contributed by atoms with Crippen molar-refractivity contribution in [2.45, 2.75) is 37.1 Å². The van der Waals surface area contributed by atoms with E-state index in [-0.39, 0.29) is 5.41 Å². The highest BCUT2D eigenvalue weighted by molar-refractivity contribution is 5.94. The molecule has 17 heavy (non-hydrogen) atoms. The van der Waals surface area contributed by atoms with Gasteiger partial charge in [-0.2, -0.15) is 0 Å². The lowest BCUT2D eigenvalue weighted by atomic mass is 9.59. The first-order valence-corrected chi connectivity index (χ1v) is 6.67. The number of Topliss-reactive ketones (excluding diaryl/α,β-unsaturated/α-hetero) is 1. The number of fused-ring (bicyclic) bond motifs is 1. The van der Waals surface area contributed by atoms with Gasteiger partial charge in [-0.25, -0.2) is 0 Å². The Balaban J connectivity index is 1.99. The first-order valence-electron chi connectivity index (χ1n) is 6.67. The van der Waals surface area contributed by atoms with Crippen molar-refractivity contribution in [1.82, 2.24) is 5.32 Å². The Hall–Kier alpha value is -1.15. The Labute approximate surface area is 101 Å². The van der Waals surface area contributed by atoms with Gasteiger partial charge >= 0.3 is 0 Å². The maximum absolute atomic E-state index is 12.5. The maximum Gasteiger partial charge on any atom is 0.143 e. The highest BCUT2D eigenvalue weighted by atomic mass is 16.1. The Morgan fingerprint density at radius 1 is 1.29 bits per heavy atom. The molecule has 0 amide bonds. The molecule has 1 N–H and O–H groups in total. The van der Waals surface area contributed by atoms with E-state index < -0.39 is 0 Å². The predicted molar refractivity (Wildman–Crippen MR) is 66.0 cm³/mol. The van der Waals surface area contributed by atoms with E-state index in [1.165, 1.54) is 11.1 Å². The van der Waals surface area contributed by atoms with E-state index in [0.717, 1.165) is 32.2 Å². The first-order chi connectivity index (χ1) is 8.32. The molecule has 2 heteroatoms. The lowest BCUT2D eigenvalue weighted by Gasteiger charge is -2.48. The van der Waals surface area contributed by atoms with E-state index in [9.17, 15) is 4.79 Å². The van der Waals surface area contributed by atoms with Gasteiger partial charge in [-0.05, 0) is 42.9 Å². The third-order valence-corrected chi connectivity index (χ3v) is 5.16. The number of hydrogen-bond acceptors (Lipinski definition) is 2. The van der Waals surface area contributed by atoms with Gasteiger partial charge in [-0.3, -0.25) is 4.79 Å². The zero-order valence-electron chi connectivity index (χ0n) is 9.91. The first kappa shape index (κ1) is 9.84. The summed E-state index contributed by atoms with van der Waals surface area (Å²) in [5.74, 6) is 1.06. The molecule has 88 valence electrons. The van der Waals surface area contributed by atoms with Crippen LogP contribution in [0, 0.1) is 5.92 Å². The Bertz CT molecular complexity index is 495. The summed E-state index contributed by atoms with van der Waals surface area (Å²) in [4.78, 5) is 12.5. The second kappa shape index (κ2) is 3.20. The molecule has 2 nitrogen and oxygen atoms in total. The van der Waals surface area contributed by atoms with Crippen molar-refractivity contribution in [3.05, 3.63) is 35.4 Å². The number of nitrogens with one attached hydrogen (secondary N) is 1. The minimum absolute atomic E-state index is 0.120. The van der Waals surface area contributed by atoms with Crippen LogP contribution >= 0.6 is 0 Å². The molecular formula is C15H17NO. The molecule has 0 radical (unpaired) electrons. The molecule has 1 saturated carbocycles. The number of ketones is 1. The molecule has 3 atom stereocenters. The third kappa shape index (κ3) is 1.07. The normalized spacial score (nSPS) is 38.7. The second-order valence-corrected chi connectivity index (χ2v) is 5.71. The Morgan fingerprint density at radius 2 is 2.18 bits per heavy atom. The van der Waals surface area contributed by atoms with Crippen LogP contribution in [0.3, 0.4) is 0 Å². The number of carbonyl (C=O) groups is 1. The number of hydrogen-bond donors (Lipinski definition) is 1. The van der Waals surface area contributed by atoms with Crippen LogP contribution in [0.5, 0.6) is 0 Å². The minimum Gasteiger partial charge on any atom is -0.313 e. The van der Waals surface area contributed by atoms with E-state index in [0.29, 0.717) is 17.7 Å². The van der Waals surface area contributed by atoms with Crippen LogP contribution < -0.4 is 5.32 Å². The Morgan fingerprint density at radius 3 is 3.12 bits per heavy atom. The van der Waals surface area contributed by atoms with E-state index in [2.05, 4.69) is 29.6 Å². The van der Waals surface area contributed by atoms with Crippen LogP contribution in [0.25, 0.3) is 0 Å². The molecule has 1 aromatic carbocycles. The molecule has 4 rings (SSSR count). The van der Waals surface area contributed by atoms with Crippen LogP contribution in [-0.2, 0) is 16.6 Å². The number of carbonyl (C=O) groups excluding carboxylic acids is 1. The van der Waals surface area contributed by atoms with Gasteiger partial charge in [0.25, 0.3) is 0 Å². The smallest absolute Gasteiger partial charge is 0.143 e. The van der Waals surface area contributed by atoms with Gasteiger partial charge in [0.2, 0.25) is 0 Å². The summed E-state index contributed by atoms with van der Waals surface area (Å²) >= 11 is 0. The highest BCUT2D eigenvalue weighted by Gasteiger charge is 2.57. The standard InChI is InChI=1S/C15H17NO/c17-14-6-5-12-13-9-10-3-1-2-4-11(10)15(12,14)7-8-16-13/h1-4,12-13,16H,5-9H2/t12-,13+,15+/m0/s1. The van der Waals surface area contributed by atoms with Gasteiger partial charge in [0.05, 0.1) is 5.41 Å². The average Bonchev–Trinajstić information content (AvgIpc) is 2.70. The molecule has 1 aliphatic heterocycles. The maximum atomic E-state index is 12.5. The van der Waals surface area contributed by atoms with E-state index in [4.69, 9.17) is 0 Å². The predicted octanol–water partition coefficient (Wildman–Crippen LogP) is 1.82. The summed E-state index contributed by atoms with van der Waals surface area (Å²) in [5, 5.41) is 3.63. The summed E-state index contributed by atoms with van der Waals surface area (Å²) in [5.41, 5.74) is 2.63. The topological polar surface area (TPSA) is 29.1 Å². The van der Waals surface area contributed by atoms with Crippen molar-refractivity contribution in [3.8, 4) is 0 Å². The quantitative estimate of drug-likeness (QED) is 0.732. The molecule has 0 spiro atoms. The van der Waals surface area contributed by atoms with Crippen LogP contribution in [0.2, 0.25) is 0 Å². The Kier molecular flexibility index (Phi) is 1.85. The highest BCUT2D eigenvalue weighted by Crippen LogP contribution is 2.53. The summed E-state index contributed by atoms with van der Waals surface area (Å²) in [6.45, 7) is 1.00. The number of piperidine rings is 1. The van der Waals surface area contributed by atoms with E-state index in [1.807, 2.05) is 0 Å². The molecule has 0 aromatic heterocycles. The van der Waals surface area contributed by atoms with Crippen molar-refractivity contribution < 1.29 is 4.79 Å². The fourth-order valence-corrected chi connectivity index (χ4v) is 4.50. The lowest BCUT2D eigenvalue weighted by Crippen LogP contribution is -2.58. The van der Waals surface area contributed by atoms with Crippen molar-refractivity contribution in [2.75, 3.05) is 6.54 Å². The SMILES string of the molecule is O=C1CC[C@H]2[C@H]3Cc4ccccc4[C@@]12CCN3. The average molecular weight is 227 g/mol. The second-order valence-electron chi connectivity index (χ2n) is 5.71. The van der Waals surface area contributed by atoms with Crippen LogP contribution in [-0.4, -0.2) is 18.4 Å². The number of benzene rings is 1. The zero-order valence-corrected chi connectivity index (χ0v) is 9.91. The van der Waals surface area contributed by atoms with Crippen molar-refractivity contribution in [3.63, 3.8) is 0 Å². The van der Waals surface area contributed by atoms with Gasteiger partial charge in [-0.1, -0.05) is 24.3 Å². The monoisotopic (exact) mass is 227 g/mol. The van der Waals surface area contributed by atoms with E-state index in [1.54, 1.807) is 0 Å². The molecular weight excluding hydrogens is 210 g/mol. The summed E-state index contributed by atoms with van der Waals surface area (Å²) in [7, 11) is 0. The molecule has 3 aliphatic rings. The molecule has 1 saturated heterocycles. The van der Waals surface area contributed by atoms with Gasteiger partial charge in [0, 0.05) is 12.5 Å². The molecule has 0 unspecified atom stereocenters. The van der Waals surface area contributed by atoms with Gasteiger partial charge in [-0.15, -0.1) is 0 Å². The van der Waals surface area contributed by atoms with Gasteiger partial charge < -0.3 is 5.32 Å². The molecule has 2 bridgehead atoms. The van der Waals surface area contributed by atoms with Crippen LogP contribution in [0.4, 0.5) is 0 Å². The third-order valence-electron chi connectivity index (χ3n) is 5.16. The molecule has 2 fully saturated rings. The summed E-state index contributed by atoms with van der Waals surface area (Å²) in [6.07, 6.45) is 3.99. The van der Waals surface area contributed by atoms with Gasteiger partial charge in [0.1, 0.15) is 5.78 Å². The molecule has 1 heterocycles. The largest absolute Gasteiger partial charge is 0.313 e. The van der Waals surface area contributed by atoms with Crippen LogP contribution in [0.1, 0.15) is 30.4 Å². The zero-order chi connectivity index (χ0) is 11.5. The molecule has 2 aliphatic carbocycles. The van der Waals surface area contributed by atoms with Crippen molar-refractivity contribution >= 4 is 5.78 Å². The van der Waals surface area contributed by atoms with E-state index >= 15 is 0 Å². The lowest BCUT2D eigenvalue weighted by molar-refractivity contribution is -0.124. The van der Waals surface area contributed by atoms with Crippen molar-refractivity contribution in [1.29, 1.82) is 0 Å².